The van der Waals surface area contributed by atoms with E-state index in [0.29, 0.717) is 24.8 Å². The molecule has 2 fully saturated rings. The lowest BCUT2D eigenvalue weighted by molar-refractivity contribution is -0.120. The van der Waals surface area contributed by atoms with E-state index in [-0.39, 0.29) is 11.7 Å². The van der Waals surface area contributed by atoms with Gasteiger partial charge in [-0.05, 0) is 38.0 Å². The first-order valence-corrected chi connectivity index (χ1v) is 10.6. The van der Waals surface area contributed by atoms with Crippen molar-refractivity contribution in [3.8, 4) is 0 Å². The summed E-state index contributed by atoms with van der Waals surface area (Å²) in [7, 11) is 1.74. The normalized spacial score (nSPS) is 22.6. The Bertz CT molecular complexity index is 923. The molecule has 1 N–H and O–H groups in total. The Kier molecular flexibility index (Phi) is 4.60. The molecule has 3 heterocycles. The number of carbonyl (C=O) groups excluding carboxylic acids is 2. The van der Waals surface area contributed by atoms with E-state index in [4.69, 9.17) is 0 Å². The van der Waals surface area contributed by atoms with Crippen molar-refractivity contribution in [2.45, 2.75) is 70.0 Å². The van der Waals surface area contributed by atoms with Gasteiger partial charge in [0.25, 0.3) is 11.8 Å². The molecule has 2 aliphatic carbocycles. The van der Waals surface area contributed by atoms with E-state index >= 15 is 0 Å². The Morgan fingerprint density at radius 1 is 1.17 bits per heavy atom. The van der Waals surface area contributed by atoms with Crippen LogP contribution in [0.2, 0.25) is 0 Å². The molecule has 0 spiro atoms. The number of carbonyl (C=O) groups is 2. The minimum Gasteiger partial charge on any atom is -0.337 e. The predicted octanol–water partition coefficient (Wildman–Crippen LogP) is 1.71. The van der Waals surface area contributed by atoms with Crippen LogP contribution >= 0.6 is 0 Å². The summed E-state index contributed by atoms with van der Waals surface area (Å²) in [6, 6.07) is 1.40. The van der Waals surface area contributed by atoms with Gasteiger partial charge in [0.05, 0.1) is 5.69 Å². The lowest BCUT2D eigenvalue weighted by Gasteiger charge is -2.19. The van der Waals surface area contributed by atoms with Gasteiger partial charge in [0.15, 0.2) is 0 Å². The van der Waals surface area contributed by atoms with Gasteiger partial charge in [0, 0.05) is 32.1 Å². The van der Waals surface area contributed by atoms with Crippen molar-refractivity contribution in [1.82, 2.24) is 29.9 Å². The van der Waals surface area contributed by atoms with E-state index in [1.54, 1.807) is 23.0 Å². The molecular formula is C20H27N7O2. The van der Waals surface area contributed by atoms with Crippen LogP contribution in [0.15, 0.2) is 12.4 Å². The second-order valence-corrected chi connectivity index (χ2v) is 8.58. The highest BCUT2D eigenvalue weighted by molar-refractivity contribution is 6.00. The number of aromatic nitrogens is 5. The third-order valence-electron chi connectivity index (χ3n) is 6.34. The van der Waals surface area contributed by atoms with Crippen molar-refractivity contribution < 1.29 is 9.59 Å². The van der Waals surface area contributed by atoms with E-state index in [1.807, 2.05) is 10.7 Å². The molecule has 0 saturated heterocycles. The van der Waals surface area contributed by atoms with Crippen LogP contribution in [0.4, 0.5) is 5.82 Å². The number of fused-ring (bicyclic) bond motifs is 1. The van der Waals surface area contributed by atoms with Gasteiger partial charge in [-0.1, -0.05) is 12.8 Å². The van der Waals surface area contributed by atoms with Crippen LogP contribution < -0.4 is 10.2 Å². The predicted molar refractivity (Wildman–Crippen MR) is 105 cm³/mol. The lowest BCUT2D eigenvalue weighted by atomic mass is 10.1. The van der Waals surface area contributed by atoms with E-state index in [2.05, 4.69) is 20.5 Å². The number of likely N-dealkylation sites (N-methyl/N-ethyl adjacent to an activating group) is 1. The molecule has 0 aromatic carbocycles. The molecular weight excluding hydrogens is 370 g/mol. The summed E-state index contributed by atoms with van der Waals surface area (Å²) in [5.41, 5.74) is 1.07. The fraction of sp³-hybridized carbons (Fsp3) is 0.650. The van der Waals surface area contributed by atoms with E-state index in [9.17, 15) is 9.59 Å². The first-order valence-electron chi connectivity index (χ1n) is 10.6. The van der Waals surface area contributed by atoms with Crippen molar-refractivity contribution in [3.63, 3.8) is 0 Å². The van der Waals surface area contributed by atoms with Gasteiger partial charge >= 0.3 is 0 Å². The van der Waals surface area contributed by atoms with Gasteiger partial charge in [-0.3, -0.25) is 19.2 Å². The molecule has 154 valence electrons. The van der Waals surface area contributed by atoms with Crippen LogP contribution in [-0.2, 0) is 17.9 Å². The van der Waals surface area contributed by atoms with Crippen molar-refractivity contribution >= 4 is 17.6 Å². The van der Waals surface area contributed by atoms with E-state index < -0.39 is 11.9 Å². The van der Waals surface area contributed by atoms with Crippen LogP contribution in [0.25, 0.3) is 0 Å². The number of hydrogen-bond acceptors (Lipinski definition) is 5. The third-order valence-corrected chi connectivity index (χ3v) is 6.34. The van der Waals surface area contributed by atoms with Gasteiger partial charge in [0.1, 0.15) is 18.2 Å². The Balaban J connectivity index is 1.24. The zero-order valence-electron chi connectivity index (χ0n) is 16.8. The van der Waals surface area contributed by atoms with E-state index in [1.165, 1.54) is 38.5 Å². The fourth-order valence-electron chi connectivity index (χ4n) is 4.46. The third kappa shape index (κ3) is 3.65. The second-order valence-electron chi connectivity index (χ2n) is 8.58. The maximum absolute atomic E-state index is 12.9. The SMILES string of the molecule is CN1C(=O)[C@@H](NC(=O)c2ncn(CC3CCCC3)n2)CCn2nc(C3CC3)cc21. The van der Waals surface area contributed by atoms with Crippen LogP contribution in [0, 0.1) is 5.92 Å². The number of nitrogens with zero attached hydrogens (tertiary/aromatic N) is 6. The Hall–Kier alpha value is -2.71. The summed E-state index contributed by atoms with van der Waals surface area (Å²) in [6.07, 6.45) is 9.41. The zero-order valence-corrected chi connectivity index (χ0v) is 16.8. The van der Waals surface area contributed by atoms with Gasteiger partial charge in [-0.15, -0.1) is 5.10 Å². The standard InChI is InChI=1S/C20H27N7O2/c1-25-17-10-16(14-6-7-14)23-27(17)9-8-15(20(25)29)22-19(28)18-21-12-26(24-18)11-13-4-2-3-5-13/h10,12-15H,2-9,11H2,1H3,(H,22,28)/t15-/m0/s1. The molecule has 0 unspecified atom stereocenters. The number of hydrogen-bond donors (Lipinski definition) is 1. The molecule has 0 radical (unpaired) electrons. The first kappa shape index (κ1) is 18.3. The fourth-order valence-corrected chi connectivity index (χ4v) is 4.46. The Morgan fingerprint density at radius 2 is 1.97 bits per heavy atom. The van der Waals surface area contributed by atoms with Crippen molar-refractivity contribution in [2.75, 3.05) is 11.9 Å². The number of aryl methyl sites for hydroxylation is 1. The molecule has 1 aliphatic heterocycles. The molecule has 2 aromatic rings. The second kappa shape index (κ2) is 7.27. The lowest BCUT2D eigenvalue weighted by Crippen LogP contribution is -2.47. The van der Waals surface area contributed by atoms with Crippen LogP contribution in [0.5, 0.6) is 0 Å². The minimum atomic E-state index is -0.611. The summed E-state index contributed by atoms with van der Waals surface area (Å²) in [5.74, 6) is 1.54. The Morgan fingerprint density at radius 3 is 2.72 bits per heavy atom. The average Bonchev–Trinajstić information content (AvgIpc) is 3.11. The van der Waals surface area contributed by atoms with Crippen molar-refractivity contribution in [1.29, 1.82) is 0 Å². The van der Waals surface area contributed by atoms with Crippen molar-refractivity contribution in [3.05, 3.63) is 23.9 Å². The van der Waals surface area contributed by atoms with Gasteiger partial charge in [-0.2, -0.15) is 5.10 Å². The highest BCUT2D eigenvalue weighted by Gasteiger charge is 2.34. The van der Waals surface area contributed by atoms with Gasteiger partial charge < -0.3 is 5.32 Å². The minimum absolute atomic E-state index is 0.122. The molecule has 2 aromatic heterocycles. The number of rotatable bonds is 5. The highest BCUT2D eigenvalue weighted by Crippen LogP contribution is 2.40. The number of nitrogens with one attached hydrogen (secondary N) is 1. The van der Waals surface area contributed by atoms with Gasteiger partial charge in [-0.25, -0.2) is 9.67 Å². The molecule has 1 atom stereocenters. The molecule has 2 saturated carbocycles. The largest absolute Gasteiger partial charge is 0.337 e. The monoisotopic (exact) mass is 397 g/mol. The van der Waals surface area contributed by atoms with Crippen molar-refractivity contribution in [2.24, 2.45) is 5.92 Å². The molecule has 5 rings (SSSR count). The zero-order chi connectivity index (χ0) is 20.0. The average molecular weight is 397 g/mol. The van der Waals surface area contributed by atoms with Gasteiger partial charge in [0.2, 0.25) is 5.82 Å². The topological polar surface area (TPSA) is 97.9 Å². The molecule has 3 aliphatic rings. The number of amides is 2. The number of anilines is 1. The maximum Gasteiger partial charge on any atom is 0.291 e. The summed E-state index contributed by atoms with van der Waals surface area (Å²) in [6.45, 7) is 1.39. The summed E-state index contributed by atoms with van der Waals surface area (Å²) < 4.78 is 3.63. The summed E-state index contributed by atoms with van der Waals surface area (Å²) >= 11 is 0. The van der Waals surface area contributed by atoms with E-state index in [0.717, 1.165) is 18.1 Å². The summed E-state index contributed by atoms with van der Waals surface area (Å²) in [4.78, 5) is 31.3. The molecule has 9 nitrogen and oxygen atoms in total. The molecule has 2 amide bonds. The van der Waals surface area contributed by atoms with Crippen LogP contribution in [-0.4, -0.2) is 49.4 Å². The molecule has 0 bridgehead atoms. The van der Waals surface area contributed by atoms with Crippen LogP contribution in [0.3, 0.4) is 0 Å². The maximum atomic E-state index is 12.9. The highest BCUT2D eigenvalue weighted by atomic mass is 16.2. The molecule has 9 heteroatoms. The summed E-state index contributed by atoms with van der Waals surface area (Å²) in [5, 5.41) is 11.8. The quantitative estimate of drug-likeness (QED) is 0.828. The first-order chi connectivity index (χ1) is 14.1. The van der Waals surface area contributed by atoms with Crippen LogP contribution in [0.1, 0.15) is 67.2 Å². The smallest absolute Gasteiger partial charge is 0.291 e. The molecule has 29 heavy (non-hydrogen) atoms. The Labute approximate surface area is 169 Å².